The van der Waals surface area contributed by atoms with Gasteiger partial charge in [0, 0.05) is 30.8 Å². The molecule has 2 aromatic rings. The molecule has 0 saturated carbocycles. The SMILES string of the molecule is Cc1c2c(c(-c3cncs3)c3c1C(=O)NCC3)OC(C)O2. The molecule has 2 aliphatic heterocycles. The maximum atomic E-state index is 12.3. The highest BCUT2D eigenvalue weighted by Crippen LogP contribution is 2.50. The molecule has 1 aromatic carbocycles. The van der Waals surface area contributed by atoms with Crippen molar-refractivity contribution in [2.75, 3.05) is 6.54 Å². The van der Waals surface area contributed by atoms with Gasteiger partial charge in [0.25, 0.3) is 5.91 Å². The lowest BCUT2D eigenvalue weighted by molar-refractivity contribution is 0.0676. The molecule has 5 nitrogen and oxygen atoms in total. The smallest absolute Gasteiger partial charge is 0.252 e. The van der Waals surface area contributed by atoms with E-state index in [0.29, 0.717) is 12.3 Å². The van der Waals surface area contributed by atoms with Gasteiger partial charge < -0.3 is 14.8 Å². The average Bonchev–Trinajstić information content (AvgIpc) is 3.08. The summed E-state index contributed by atoms with van der Waals surface area (Å²) in [5.74, 6) is 1.39. The van der Waals surface area contributed by atoms with E-state index in [-0.39, 0.29) is 12.2 Å². The maximum Gasteiger partial charge on any atom is 0.252 e. The number of rotatable bonds is 1. The van der Waals surface area contributed by atoms with Crippen LogP contribution in [0.5, 0.6) is 11.5 Å². The van der Waals surface area contributed by atoms with E-state index in [1.807, 2.05) is 20.0 Å². The number of hydrogen-bond donors (Lipinski definition) is 1. The first kappa shape index (κ1) is 12.6. The van der Waals surface area contributed by atoms with Gasteiger partial charge in [0.1, 0.15) is 0 Å². The molecule has 0 bridgehead atoms. The van der Waals surface area contributed by atoms with Crippen molar-refractivity contribution in [2.45, 2.75) is 26.6 Å². The van der Waals surface area contributed by atoms with Crippen LogP contribution in [0.4, 0.5) is 0 Å². The largest absolute Gasteiger partial charge is 0.451 e. The number of nitrogens with zero attached hydrogens (tertiary/aromatic N) is 1. The predicted molar refractivity (Wildman–Crippen MR) is 79.0 cm³/mol. The van der Waals surface area contributed by atoms with E-state index in [9.17, 15) is 4.79 Å². The van der Waals surface area contributed by atoms with Gasteiger partial charge in [-0.2, -0.15) is 0 Å². The Bertz CT molecular complexity index is 740. The van der Waals surface area contributed by atoms with E-state index < -0.39 is 0 Å². The molecule has 4 rings (SSSR count). The Labute approximate surface area is 125 Å². The molecule has 0 aliphatic carbocycles. The second kappa shape index (κ2) is 4.46. The first-order valence-electron chi connectivity index (χ1n) is 6.86. The van der Waals surface area contributed by atoms with Crippen LogP contribution in [0, 0.1) is 6.92 Å². The van der Waals surface area contributed by atoms with Crippen LogP contribution in [0.1, 0.15) is 28.4 Å². The lowest BCUT2D eigenvalue weighted by atomic mass is 9.89. The first-order chi connectivity index (χ1) is 10.2. The topological polar surface area (TPSA) is 60.5 Å². The number of fused-ring (bicyclic) bond motifs is 2. The van der Waals surface area contributed by atoms with E-state index in [2.05, 4.69) is 10.3 Å². The normalized spacial score (nSPS) is 19.3. The molecule has 6 heteroatoms. The Hall–Kier alpha value is -2.08. The highest BCUT2D eigenvalue weighted by atomic mass is 32.1. The number of hydrogen-bond acceptors (Lipinski definition) is 5. The molecular weight excluding hydrogens is 288 g/mol. The fraction of sp³-hybridized carbons (Fsp3) is 0.333. The Morgan fingerprint density at radius 3 is 2.90 bits per heavy atom. The summed E-state index contributed by atoms with van der Waals surface area (Å²) in [4.78, 5) is 17.5. The second-order valence-electron chi connectivity index (χ2n) is 5.19. The number of thiazole rings is 1. The summed E-state index contributed by atoms with van der Waals surface area (Å²) in [5, 5.41) is 2.91. The minimum Gasteiger partial charge on any atom is -0.451 e. The summed E-state index contributed by atoms with van der Waals surface area (Å²) in [7, 11) is 0. The molecule has 0 spiro atoms. The van der Waals surface area contributed by atoms with Gasteiger partial charge in [-0.05, 0) is 18.9 Å². The van der Waals surface area contributed by atoms with Crippen molar-refractivity contribution in [3.8, 4) is 21.9 Å². The summed E-state index contributed by atoms with van der Waals surface area (Å²) >= 11 is 1.54. The molecule has 1 N–H and O–H groups in total. The zero-order valence-corrected chi connectivity index (χ0v) is 12.5. The third kappa shape index (κ3) is 1.75. The fourth-order valence-corrected chi connectivity index (χ4v) is 3.73. The predicted octanol–water partition coefficient (Wildman–Crippen LogP) is 2.52. The van der Waals surface area contributed by atoms with Crippen LogP contribution in [0.25, 0.3) is 10.4 Å². The van der Waals surface area contributed by atoms with Crippen molar-refractivity contribution in [3.63, 3.8) is 0 Å². The highest BCUT2D eigenvalue weighted by Gasteiger charge is 2.35. The minimum atomic E-state index is -0.336. The van der Waals surface area contributed by atoms with Gasteiger partial charge in [-0.25, -0.2) is 0 Å². The van der Waals surface area contributed by atoms with E-state index in [4.69, 9.17) is 9.47 Å². The fourth-order valence-electron chi connectivity index (χ4n) is 3.04. The number of nitrogens with one attached hydrogen (secondary N) is 1. The first-order valence-corrected chi connectivity index (χ1v) is 7.74. The van der Waals surface area contributed by atoms with Crippen LogP contribution < -0.4 is 14.8 Å². The second-order valence-corrected chi connectivity index (χ2v) is 6.07. The molecule has 0 saturated heterocycles. The molecule has 1 atom stereocenters. The van der Waals surface area contributed by atoms with Crippen LogP contribution in [-0.2, 0) is 6.42 Å². The quantitative estimate of drug-likeness (QED) is 0.879. The van der Waals surface area contributed by atoms with Crippen molar-refractivity contribution < 1.29 is 14.3 Å². The molecule has 1 aromatic heterocycles. The molecule has 0 radical (unpaired) electrons. The Balaban J connectivity index is 2.08. The summed E-state index contributed by atoms with van der Waals surface area (Å²) in [6.45, 7) is 4.42. The van der Waals surface area contributed by atoms with Crippen molar-refractivity contribution in [3.05, 3.63) is 28.4 Å². The molecule has 1 amide bonds. The van der Waals surface area contributed by atoms with Gasteiger partial charge in [-0.3, -0.25) is 9.78 Å². The number of benzene rings is 1. The Kier molecular flexibility index (Phi) is 2.68. The number of aromatic nitrogens is 1. The van der Waals surface area contributed by atoms with Crippen molar-refractivity contribution in [1.29, 1.82) is 0 Å². The van der Waals surface area contributed by atoms with Gasteiger partial charge in [0.05, 0.1) is 16.0 Å². The van der Waals surface area contributed by atoms with Gasteiger partial charge in [-0.1, -0.05) is 0 Å². The highest BCUT2D eigenvalue weighted by molar-refractivity contribution is 7.13. The summed E-state index contributed by atoms with van der Waals surface area (Å²) < 4.78 is 11.6. The van der Waals surface area contributed by atoms with Crippen LogP contribution in [-0.4, -0.2) is 23.7 Å². The summed E-state index contributed by atoms with van der Waals surface area (Å²) in [6, 6.07) is 0. The number of amides is 1. The standard InChI is InChI=1S/C15H14N2O3S/c1-7-11-9(3-4-17-15(11)18)12(10-5-16-6-21-10)14-13(7)19-8(2)20-14/h5-6,8H,3-4H2,1-2H3,(H,17,18). The summed E-state index contributed by atoms with van der Waals surface area (Å²) in [6.07, 6.45) is 2.27. The van der Waals surface area contributed by atoms with Crippen LogP contribution in [0.3, 0.4) is 0 Å². The van der Waals surface area contributed by atoms with Crippen molar-refractivity contribution in [1.82, 2.24) is 10.3 Å². The third-order valence-electron chi connectivity index (χ3n) is 3.89. The molecule has 3 heterocycles. The lowest BCUT2D eigenvalue weighted by Gasteiger charge is -2.22. The molecule has 1 unspecified atom stereocenters. The molecule has 108 valence electrons. The molecule has 0 fully saturated rings. The number of ether oxygens (including phenoxy) is 2. The minimum absolute atomic E-state index is 0.0366. The lowest BCUT2D eigenvalue weighted by Crippen LogP contribution is -2.33. The van der Waals surface area contributed by atoms with E-state index in [1.54, 1.807) is 16.8 Å². The van der Waals surface area contributed by atoms with Crippen LogP contribution in [0.2, 0.25) is 0 Å². The van der Waals surface area contributed by atoms with Gasteiger partial charge >= 0.3 is 0 Å². The third-order valence-corrected chi connectivity index (χ3v) is 4.68. The Morgan fingerprint density at radius 2 is 2.14 bits per heavy atom. The van der Waals surface area contributed by atoms with E-state index in [0.717, 1.165) is 39.3 Å². The number of carbonyl (C=O) groups is 1. The maximum absolute atomic E-state index is 12.3. The van der Waals surface area contributed by atoms with Gasteiger partial charge in [0.15, 0.2) is 11.5 Å². The van der Waals surface area contributed by atoms with Crippen LogP contribution >= 0.6 is 11.3 Å². The van der Waals surface area contributed by atoms with Crippen molar-refractivity contribution in [2.24, 2.45) is 0 Å². The average molecular weight is 302 g/mol. The monoisotopic (exact) mass is 302 g/mol. The van der Waals surface area contributed by atoms with E-state index in [1.165, 1.54) is 0 Å². The van der Waals surface area contributed by atoms with Gasteiger partial charge in [-0.15, -0.1) is 11.3 Å². The Morgan fingerprint density at radius 1 is 1.33 bits per heavy atom. The molecular formula is C15H14N2O3S. The zero-order valence-electron chi connectivity index (χ0n) is 11.7. The number of carbonyl (C=O) groups excluding carboxylic acids is 1. The van der Waals surface area contributed by atoms with Crippen LogP contribution in [0.15, 0.2) is 11.7 Å². The molecule has 21 heavy (non-hydrogen) atoms. The molecule has 2 aliphatic rings. The zero-order chi connectivity index (χ0) is 14.6. The van der Waals surface area contributed by atoms with E-state index >= 15 is 0 Å². The van der Waals surface area contributed by atoms with Crippen molar-refractivity contribution >= 4 is 17.2 Å². The summed E-state index contributed by atoms with van der Waals surface area (Å²) in [5.41, 5.74) is 5.37. The van der Waals surface area contributed by atoms with Gasteiger partial charge in [0.2, 0.25) is 6.29 Å².